The first-order valence-electron chi connectivity index (χ1n) is 15.7. The summed E-state index contributed by atoms with van der Waals surface area (Å²) in [6, 6.07) is 38.1. The van der Waals surface area contributed by atoms with Crippen LogP contribution in [0.5, 0.6) is 5.75 Å². The molecular weight excluding hydrogens is 580 g/mol. The highest BCUT2D eigenvalue weighted by Gasteiger charge is 2.54. The van der Waals surface area contributed by atoms with Crippen molar-refractivity contribution in [3.63, 3.8) is 0 Å². The molecule has 0 bridgehead atoms. The fourth-order valence-corrected chi connectivity index (χ4v) is 5.73. The van der Waals surface area contributed by atoms with Crippen molar-refractivity contribution in [1.29, 1.82) is 0 Å². The van der Waals surface area contributed by atoms with E-state index in [0.29, 0.717) is 33.0 Å². The molecule has 5 rings (SSSR count). The van der Waals surface area contributed by atoms with Gasteiger partial charge in [-0.2, -0.15) is 0 Å². The second kappa shape index (κ2) is 17.8. The number of methoxy groups -OCH3 is 2. The van der Waals surface area contributed by atoms with Crippen LogP contribution in [-0.4, -0.2) is 57.5 Å². The Morgan fingerprint density at radius 3 is 1.15 bits per heavy atom. The predicted molar refractivity (Wildman–Crippen MR) is 177 cm³/mol. The summed E-state index contributed by atoms with van der Waals surface area (Å²) in [7, 11) is 3.33. The summed E-state index contributed by atoms with van der Waals surface area (Å²) in [6.45, 7) is 5.63. The lowest BCUT2D eigenvalue weighted by Gasteiger charge is -2.49. The van der Waals surface area contributed by atoms with Crippen molar-refractivity contribution in [3.05, 3.63) is 150 Å². The molecule has 0 spiro atoms. The van der Waals surface area contributed by atoms with Gasteiger partial charge in [0.2, 0.25) is 0 Å². The Morgan fingerprint density at radius 1 is 0.457 bits per heavy atom. The highest BCUT2D eigenvalue weighted by atomic mass is 16.6. The topological polar surface area (TPSA) is 64.6 Å². The van der Waals surface area contributed by atoms with Gasteiger partial charge >= 0.3 is 0 Å². The van der Waals surface area contributed by atoms with Gasteiger partial charge in [0.25, 0.3) is 0 Å². The molecule has 0 unspecified atom stereocenters. The zero-order chi connectivity index (χ0) is 32.0. The maximum Gasteiger partial charge on any atom is 0.118 e. The molecule has 0 N–H and O–H groups in total. The average Bonchev–Trinajstić information content (AvgIpc) is 3.12. The third-order valence-corrected chi connectivity index (χ3v) is 8.08. The molecule has 46 heavy (non-hydrogen) atoms. The Hall–Kier alpha value is -3.82. The molecular formula is C39H44O7. The van der Waals surface area contributed by atoms with E-state index in [4.69, 9.17) is 33.2 Å². The van der Waals surface area contributed by atoms with Crippen molar-refractivity contribution < 1.29 is 33.2 Å². The molecule has 6 atom stereocenters. The molecule has 0 aromatic heterocycles. The van der Waals surface area contributed by atoms with Gasteiger partial charge in [0, 0.05) is 7.11 Å². The van der Waals surface area contributed by atoms with E-state index in [2.05, 4.69) is 6.58 Å². The summed E-state index contributed by atoms with van der Waals surface area (Å²) in [5, 5.41) is 0. The van der Waals surface area contributed by atoms with E-state index in [0.717, 1.165) is 28.0 Å². The van der Waals surface area contributed by atoms with Crippen LogP contribution < -0.4 is 4.74 Å². The SMILES string of the molecule is C=CCO[C@@H]1[C@@H](OCc2ccccc2)[C@H](OCc2ccccc2)[C@@H](OCc2ccccc2)[C@@H](OC)[C@H]1OCc1ccc(OC)cc1. The van der Waals surface area contributed by atoms with E-state index in [1.54, 1.807) is 20.3 Å². The lowest BCUT2D eigenvalue weighted by Crippen LogP contribution is -2.67. The second-order valence-corrected chi connectivity index (χ2v) is 11.2. The number of rotatable bonds is 17. The Balaban J connectivity index is 1.49. The molecule has 7 nitrogen and oxygen atoms in total. The van der Waals surface area contributed by atoms with Crippen LogP contribution in [0.4, 0.5) is 0 Å². The molecule has 0 saturated heterocycles. The van der Waals surface area contributed by atoms with E-state index in [-0.39, 0.29) is 0 Å². The van der Waals surface area contributed by atoms with Crippen molar-refractivity contribution >= 4 is 0 Å². The highest BCUT2D eigenvalue weighted by molar-refractivity contribution is 5.27. The number of hydrogen-bond acceptors (Lipinski definition) is 7. The maximum atomic E-state index is 6.75. The fraction of sp³-hybridized carbons (Fsp3) is 0.333. The molecule has 0 radical (unpaired) electrons. The number of ether oxygens (including phenoxy) is 7. The second-order valence-electron chi connectivity index (χ2n) is 11.2. The van der Waals surface area contributed by atoms with Crippen molar-refractivity contribution in [2.24, 2.45) is 0 Å². The van der Waals surface area contributed by atoms with Crippen molar-refractivity contribution in [2.45, 2.75) is 63.1 Å². The van der Waals surface area contributed by atoms with Crippen molar-refractivity contribution in [1.82, 2.24) is 0 Å². The van der Waals surface area contributed by atoms with Crippen LogP contribution in [0.25, 0.3) is 0 Å². The molecule has 4 aromatic rings. The summed E-state index contributed by atoms with van der Waals surface area (Å²) in [6.07, 6.45) is -1.56. The zero-order valence-electron chi connectivity index (χ0n) is 26.6. The minimum Gasteiger partial charge on any atom is -0.497 e. The quantitative estimate of drug-likeness (QED) is 0.118. The van der Waals surface area contributed by atoms with Gasteiger partial charge in [-0.3, -0.25) is 0 Å². The number of benzene rings is 4. The molecule has 0 heterocycles. The van der Waals surface area contributed by atoms with Crippen LogP contribution in [0.2, 0.25) is 0 Å². The van der Waals surface area contributed by atoms with Crippen LogP contribution in [-0.2, 0) is 54.8 Å². The third kappa shape index (κ3) is 9.13. The molecule has 7 heteroatoms. The lowest BCUT2D eigenvalue weighted by atomic mass is 9.83. The Labute approximate surface area is 272 Å². The lowest BCUT2D eigenvalue weighted by molar-refractivity contribution is -0.284. The fourth-order valence-electron chi connectivity index (χ4n) is 5.73. The van der Waals surface area contributed by atoms with E-state index >= 15 is 0 Å². The predicted octanol–water partition coefficient (Wildman–Crippen LogP) is 6.94. The third-order valence-electron chi connectivity index (χ3n) is 8.08. The summed E-state index contributed by atoms with van der Waals surface area (Å²) < 4.78 is 45.0. The molecule has 1 fully saturated rings. The van der Waals surface area contributed by atoms with Gasteiger partial charge in [0.15, 0.2) is 0 Å². The average molecular weight is 625 g/mol. The van der Waals surface area contributed by atoms with Gasteiger partial charge in [-0.25, -0.2) is 0 Å². The van der Waals surface area contributed by atoms with Crippen molar-refractivity contribution in [2.75, 3.05) is 20.8 Å². The van der Waals surface area contributed by atoms with Gasteiger partial charge in [-0.15, -0.1) is 6.58 Å². The van der Waals surface area contributed by atoms with Gasteiger partial charge in [0.1, 0.15) is 42.4 Å². The first-order chi connectivity index (χ1) is 22.7. The maximum absolute atomic E-state index is 6.75. The zero-order valence-corrected chi connectivity index (χ0v) is 26.6. The Morgan fingerprint density at radius 2 is 0.804 bits per heavy atom. The first kappa shape index (κ1) is 33.5. The highest BCUT2D eigenvalue weighted by Crippen LogP contribution is 2.35. The minimum atomic E-state index is -0.558. The number of hydrogen-bond donors (Lipinski definition) is 0. The molecule has 0 amide bonds. The molecule has 1 aliphatic rings. The van der Waals surface area contributed by atoms with E-state index in [9.17, 15) is 0 Å². The monoisotopic (exact) mass is 624 g/mol. The van der Waals surface area contributed by atoms with Crippen LogP contribution in [0, 0.1) is 0 Å². The van der Waals surface area contributed by atoms with E-state index < -0.39 is 36.6 Å². The van der Waals surface area contributed by atoms with Crippen LogP contribution in [0.15, 0.2) is 128 Å². The molecule has 1 aliphatic carbocycles. The van der Waals surface area contributed by atoms with E-state index in [1.165, 1.54) is 0 Å². The van der Waals surface area contributed by atoms with Crippen LogP contribution in [0.1, 0.15) is 22.3 Å². The largest absolute Gasteiger partial charge is 0.497 e. The van der Waals surface area contributed by atoms with Crippen molar-refractivity contribution in [3.8, 4) is 5.75 Å². The molecule has 0 aliphatic heterocycles. The smallest absolute Gasteiger partial charge is 0.118 e. The summed E-state index contributed by atoms with van der Waals surface area (Å²) in [5.74, 6) is 0.783. The standard InChI is InChI=1S/C39H44O7/c1-4-24-42-37-35(44-28-32-20-22-33(40-2)23-21-32)34(41-3)36(43-25-29-14-8-5-9-15-29)38(45-26-30-16-10-6-11-17-30)39(37)46-27-31-18-12-7-13-19-31/h4-23,34-39H,1,24-28H2,2-3H3/t34-,35+,36-,37-,38+,39+/m0/s1. The first-order valence-corrected chi connectivity index (χ1v) is 15.7. The normalized spacial score (nSPS) is 22.7. The molecule has 1 saturated carbocycles. The van der Waals surface area contributed by atoms with E-state index in [1.807, 2.05) is 115 Å². The van der Waals surface area contributed by atoms with Gasteiger partial charge in [0.05, 0.1) is 40.1 Å². The van der Waals surface area contributed by atoms with Gasteiger partial charge in [-0.05, 0) is 34.4 Å². The van der Waals surface area contributed by atoms with Gasteiger partial charge < -0.3 is 33.2 Å². The van der Waals surface area contributed by atoms with Gasteiger partial charge in [-0.1, -0.05) is 109 Å². The Kier molecular flexibility index (Phi) is 13.0. The Bertz CT molecular complexity index is 1420. The van der Waals surface area contributed by atoms with Crippen LogP contribution >= 0.6 is 0 Å². The minimum absolute atomic E-state index is 0.301. The van der Waals surface area contributed by atoms with Crippen LogP contribution in [0.3, 0.4) is 0 Å². The molecule has 242 valence electrons. The summed E-state index contributed by atoms with van der Waals surface area (Å²) in [5.41, 5.74) is 4.12. The molecule has 4 aromatic carbocycles. The summed E-state index contributed by atoms with van der Waals surface area (Å²) >= 11 is 0. The summed E-state index contributed by atoms with van der Waals surface area (Å²) in [4.78, 5) is 0.